The lowest BCUT2D eigenvalue weighted by Gasteiger charge is -2.01. The Morgan fingerprint density at radius 2 is 1.88 bits per heavy atom. The molecule has 0 spiro atoms. The van der Waals surface area contributed by atoms with E-state index in [-0.39, 0.29) is 6.47 Å². The molecule has 0 aliphatic rings. The molecule has 0 aliphatic carbocycles. The summed E-state index contributed by atoms with van der Waals surface area (Å²) in [5.74, 6) is -3.13. The Morgan fingerprint density at radius 3 is 2.41 bits per heavy atom. The largest absolute Gasteiger partial charge is 0.475 e. The van der Waals surface area contributed by atoms with Crippen LogP contribution in [0, 0.1) is 0 Å². The van der Waals surface area contributed by atoms with Crippen molar-refractivity contribution in [1.82, 2.24) is 15.0 Å². The summed E-state index contributed by atoms with van der Waals surface area (Å²) in [6, 6.07) is -1.21. The van der Waals surface area contributed by atoms with Crippen LogP contribution < -0.4 is 9.47 Å². The predicted octanol–water partition coefficient (Wildman–Crippen LogP) is -0.804. The van der Waals surface area contributed by atoms with Crippen molar-refractivity contribution in [2.45, 2.75) is 0 Å². The van der Waals surface area contributed by atoms with Gasteiger partial charge >= 0.3 is 30.4 Å². The number of carbonyl (C=O) groups is 3. The van der Waals surface area contributed by atoms with Crippen molar-refractivity contribution in [3.63, 3.8) is 0 Å². The van der Waals surface area contributed by atoms with Crippen molar-refractivity contribution in [2.24, 2.45) is 0 Å². The molecule has 0 bridgehead atoms. The molecule has 0 unspecified atom stereocenters. The Bertz CT molecular complexity index is 486. The van der Waals surface area contributed by atoms with Crippen molar-refractivity contribution >= 4 is 18.4 Å². The molecule has 0 fully saturated rings. The summed E-state index contributed by atoms with van der Waals surface area (Å²) in [4.78, 5) is 41.4. The molecule has 0 aliphatic heterocycles. The van der Waals surface area contributed by atoms with E-state index in [1.54, 1.807) is 0 Å². The van der Waals surface area contributed by atoms with Gasteiger partial charge < -0.3 is 14.6 Å². The fraction of sp³-hybridized carbons (Fsp3) is 0. The monoisotopic (exact) mass is 239 g/mol. The molecular weight excluding hydrogens is 234 g/mol. The van der Waals surface area contributed by atoms with E-state index < -0.39 is 29.8 Å². The van der Waals surface area contributed by atoms with Gasteiger partial charge in [-0.1, -0.05) is 6.58 Å². The van der Waals surface area contributed by atoms with Gasteiger partial charge in [0.05, 0.1) is 0 Å². The van der Waals surface area contributed by atoms with E-state index in [0.717, 1.165) is 6.08 Å². The van der Waals surface area contributed by atoms with Crippen LogP contribution in [0.5, 0.6) is 12.0 Å². The van der Waals surface area contributed by atoms with E-state index >= 15 is 0 Å². The van der Waals surface area contributed by atoms with Gasteiger partial charge in [-0.2, -0.15) is 9.97 Å². The van der Waals surface area contributed by atoms with Gasteiger partial charge in [0.15, 0.2) is 0 Å². The minimum atomic E-state index is -1.50. The number of carboxylic acids is 1. The van der Waals surface area contributed by atoms with Crippen LogP contribution in [-0.4, -0.2) is 38.5 Å². The smallest absolute Gasteiger partial charge is 0.374 e. The highest BCUT2D eigenvalue weighted by Gasteiger charge is 2.15. The van der Waals surface area contributed by atoms with Crippen molar-refractivity contribution in [3.05, 3.63) is 18.5 Å². The number of hydrogen-bond donors (Lipinski definition) is 1. The molecule has 0 saturated carbocycles. The van der Waals surface area contributed by atoms with E-state index in [1.165, 1.54) is 0 Å². The van der Waals surface area contributed by atoms with Gasteiger partial charge in [0.1, 0.15) is 0 Å². The van der Waals surface area contributed by atoms with Crippen molar-refractivity contribution in [3.8, 4) is 12.0 Å². The molecule has 1 aromatic heterocycles. The number of rotatable bonds is 5. The third-order valence-electron chi connectivity index (χ3n) is 1.30. The van der Waals surface area contributed by atoms with Gasteiger partial charge in [0.25, 0.3) is 0 Å². The quantitative estimate of drug-likeness (QED) is 0.398. The number of ether oxygens (including phenoxy) is 2. The predicted molar refractivity (Wildman–Crippen MR) is 49.3 cm³/mol. The molecule has 1 N–H and O–H groups in total. The second-order valence-electron chi connectivity index (χ2n) is 2.37. The number of nitrogens with zero attached hydrogens (tertiary/aromatic N) is 3. The number of hydrogen-bond acceptors (Lipinski definition) is 8. The van der Waals surface area contributed by atoms with Gasteiger partial charge in [-0.05, 0) is 0 Å². The lowest BCUT2D eigenvalue weighted by Crippen LogP contribution is -2.13. The van der Waals surface area contributed by atoms with Crippen molar-refractivity contribution < 1.29 is 29.0 Å². The second kappa shape index (κ2) is 5.30. The third-order valence-corrected chi connectivity index (χ3v) is 1.30. The summed E-state index contributed by atoms with van der Waals surface area (Å²) < 4.78 is 8.69. The first-order valence-electron chi connectivity index (χ1n) is 4.00. The van der Waals surface area contributed by atoms with Gasteiger partial charge in [-0.3, -0.25) is 4.79 Å². The van der Waals surface area contributed by atoms with Crippen LogP contribution in [0.3, 0.4) is 0 Å². The fourth-order valence-electron chi connectivity index (χ4n) is 0.707. The van der Waals surface area contributed by atoms with E-state index in [2.05, 4.69) is 31.0 Å². The molecule has 9 nitrogen and oxygen atoms in total. The number of esters is 1. The summed E-state index contributed by atoms with van der Waals surface area (Å²) in [7, 11) is 0. The van der Waals surface area contributed by atoms with Crippen LogP contribution in [0.15, 0.2) is 12.7 Å². The molecule has 0 atom stereocenters. The molecule has 0 aromatic carbocycles. The molecule has 0 radical (unpaired) electrons. The average molecular weight is 239 g/mol. The van der Waals surface area contributed by atoms with Crippen LogP contribution in [0.25, 0.3) is 0 Å². The summed E-state index contributed by atoms with van der Waals surface area (Å²) in [6.07, 6.45) is 0.824. The lowest BCUT2D eigenvalue weighted by molar-refractivity contribution is -0.129. The first-order chi connectivity index (χ1) is 8.06. The minimum absolute atomic E-state index is 0.0138. The second-order valence-corrected chi connectivity index (χ2v) is 2.37. The fourth-order valence-corrected chi connectivity index (χ4v) is 0.707. The highest BCUT2D eigenvalue weighted by atomic mass is 16.6. The summed E-state index contributed by atoms with van der Waals surface area (Å²) in [5, 5.41) is 8.64. The van der Waals surface area contributed by atoms with Crippen LogP contribution in [0.4, 0.5) is 0 Å². The molecular formula is C8H5N3O6. The molecule has 1 rings (SSSR count). The Labute approximate surface area is 93.7 Å². The topological polar surface area (TPSA) is 129 Å². The maximum absolute atomic E-state index is 10.8. The maximum atomic E-state index is 10.8. The minimum Gasteiger partial charge on any atom is -0.475 e. The highest BCUT2D eigenvalue weighted by molar-refractivity contribution is 5.84. The summed E-state index contributed by atoms with van der Waals surface area (Å²) in [5.41, 5.74) is 0. The van der Waals surface area contributed by atoms with E-state index in [9.17, 15) is 14.4 Å². The van der Waals surface area contributed by atoms with Crippen molar-refractivity contribution in [2.75, 3.05) is 0 Å². The van der Waals surface area contributed by atoms with Crippen LogP contribution in [0.2, 0.25) is 0 Å². The van der Waals surface area contributed by atoms with Gasteiger partial charge in [-0.15, -0.1) is 4.98 Å². The van der Waals surface area contributed by atoms with E-state index in [0.29, 0.717) is 0 Å². The molecule has 1 aromatic rings. The van der Waals surface area contributed by atoms with Crippen LogP contribution in [0.1, 0.15) is 10.6 Å². The van der Waals surface area contributed by atoms with Gasteiger partial charge in [0, 0.05) is 6.08 Å². The zero-order valence-corrected chi connectivity index (χ0v) is 8.19. The van der Waals surface area contributed by atoms with E-state index in [4.69, 9.17) is 5.11 Å². The number of carbonyl (C=O) groups excluding carboxylic acids is 2. The normalized spacial score (nSPS) is 9.18. The molecule has 1 heterocycles. The Hall–Kier alpha value is -2.84. The Kier molecular flexibility index (Phi) is 3.81. The van der Waals surface area contributed by atoms with Gasteiger partial charge in [-0.25, -0.2) is 9.59 Å². The molecule has 88 valence electrons. The Morgan fingerprint density at radius 1 is 1.24 bits per heavy atom. The number of carboxylic acid groups (broad SMARTS) is 1. The SMILES string of the molecule is C=CC(=O)Oc1nc(OC=O)nc(C(=O)O)n1. The molecule has 9 heteroatoms. The maximum Gasteiger partial charge on any atom is 0.374 e. The average Bonchev–Trinajstić information content (AvgIpc) is 2.29. The molecule has 0 amide bonds. The summed E-state index contributed by atoms with van der Waals surface area (Å²) in [6.45, 7) is 3.11. The standard InChI is InChI=1S/C8H5N3O6/c1-2-4(13)17-8-10-5(6(14)15)9-7(11-8)16-3-12/h2-3H,1H2,(H,14,15). The molecule has 17 heavy (non-hydrogen) atoms. The highest BCUT2D eigenvalue weighted by Crippen LogP contribution is 2.09. The zero-order chi connectivity index (χ0) is 12.8. The van der Waals surface area contributed by atoms with Gasteiger partial charge in [0.2, 0.25) is 5.82 Å². The first-order valence-corrected chi connectivity index (χ1v) is 4.00. The number of aromatic nitrogens is 3. The number of aromatic carboxylic acids is 1. The zero-order valence-electron chi connectivity index (χ0n) is 8.19. The third kappa shape index (κ3) is 3.34. The van der Waals surface area contributed by atoms with Crippen LogP contribution >= 0.6 is 0 Å². The summed E-state index contributed by atoms with van der Waals surface area (Å²) >= 11 is 0. The van der Waals surface area contributed by atoms with Crippen LogP contribution in [-0.2, 0) is 9.59 Å². The Balaban J connectivity index is 3.11. The first kappa shape index (κ1) is 12.2. The molecule has 0 saturated heterocycles. The van der Waals surface area contributed by atoms with Crippen molar-refractivity contribution in [1.29, 1.82) is 0 Å². The van der Waals surface area contributed by atoms with E-state index in [1.807, 2.05) is 0 Å². The lowest BCUT2D eigenvalue weighted by atomic mass is 10.6.